The van der Waals surface area contributed by atoms with Crippen molar-refractivity contribution in [1.29, 1.82) is 0 Å². The molecule has 0 spiro atoms. The van der Waals surface area contributed by atoms with E-state index in [2.05, 4.69) is 12.2 Å². The van der Waals surface area contributed by atoms with Crippen LogP contribution in [0.2, 0.25) is 0 Å². The van der Waals surface area contributed by atoms with E-state index < -0.39 is 0 Å². The minimum atomic E-state index is -0.381. The van der Waals surface area contributed by atoms with E-state index in [0.717, 1.165) is 19.0 Å². The smallest absolute Gasteiger partial charge is 0.128 e. The Morgan fingerprint density at radius 1 is 1.33 bits per heavy atom. The molecule has 0 aromatic heterocycles. The highest BCUT2D eigenvalue weighted by Gasteiger charge is 2.35. The van der Waals surface area contributed by atoms with Gasteiger partial charge in [-0.3, -0.25) is 0 Å². The molecule has 1 atom stereocenters. The Morgan fingerprint density at radius 2 is 2.06 bits per heavy atom. The molecule has 1 nitrogen and oxygen atoms in total. The molecule has 0 amide bonds. The summed E-state index contributed by atoms with van der Waals surface area (Å²) in [6.07, 6.45) is 4.93. The molecule has 1 N–H and O–H groups in total. The van der Waals surface area contributed by atoms with Crippen LogP contribution in [0, 0.1) is 17.0 Å². The summed E-state index contributed by atoms with van der Waals surface area (Å²) in [6.45, 7) is 4.98. The second kappa shape index (κ2) is 5.35. The third-order valence-corrected chi connectivity index (χ3v) is 4.37. The zero-order chi connectivity index (χ0) is 13.2. The summed E-state index contributed by atoms with van der Waals surface area (Å²) in [5.74, 6) is -0.718. The maximum absolute atomic E-state index is 13.6. The molecule has 2 rings (SSSR count). The summed E-state index contributed by atoms with van der Waals surface area (Å²) in [7, 11) is 0. The van der Waals surface area contributed by atoms with Gasteiger partial charge in [0.15, 0.2) is 0 Å². The third-order valence-electron chi connectivity index (χ3n) is 4.37. The van der Waals surface area contributed by atoms with E-state index in [4.69, 9.17) is 0 Å². The first-order valence-corrected chi connectivity index (χ1v) is 6.75. The van der Waals surface area contributed by atoms with E-state index in [1.807, 2.05) is 6.92 Å². The molecule has 18 heavy (non-hydrogen) atoms. The van der Waals surface area contributed by atoms with Crippen LogP contribution in [0.3, 0.4) is 0 Å². The molecule has 1 aromatic rings. The molecule has 1 saturated carbocycles. The second-order valence-electron chi connectivity index (χ2n) is 5.48. The fourth-order valence-corrected chi connectivity index (χ4v) is 2.66. The van der Waals surface area contributed by atoms with Gasteiger partial charge in [-0.15, -0.1) is 0 Å². The Balaban J connectivity index is 1.99. The number of rotatable bonds is 5. The van der Waals surface area contributed by atoms with Crippen LogP contribution in [0.5, 0.6) is 0 Å². The largest absolute Gasteiger partial charge is 0.310 e. The number of benzene rings is 1. The predicted octanol–water partition coefficient (Wildman–Crippen LogP) is 4.20. The number of hydrogen-bond acceptors (Lipinski definition) is 1. The summed E-state index contributed by atoms with van der Waals surface area (Å²) in [4.78, 5) is 0. The third kappa shape index (κ3) is 2.72. The Morgan fingerprint density at radius 3 is 2.61 bits per heavy atom. The van der Waals surface area contributed by atoms with Crippen molar-refractivity contribution in [2.45, 2.75) is 45.6 Å². The molecule has 1 unspecified atom stereocenters. The van der Waals surface area contributed by atoms with Gasteiger partial charge < -0.3 is 5.32 Å². The van der Waals surface area contributed by atoms with Gasteiger partial charge in [-0.05, 0) is 49.8 Å². The average molecular weight is 253 g/mol. The van der Waals surface area contributed by atoms with Crippen LogP contribution in [0.25, 0.3) is 0 Å². The maximum atomic E-state index is 13.6. The van der Waals surface area contributed by atoms with Crippen molar-refractivity contribution in [1.82, 2.24) is 5.32 Å². The minimum absolute atomic E-state index is 0.148. The van der Waals surface area contributed by atoms with Crippen molar-refractivity contribution in [3.63, 3.8) is 0 Å². The lowest BCUT2D eigenvalue weighted by atomic mass is 9.67. The fourth-order valence-electron chi connectivity index (χ4n) is 2.66. The Hall–Kier alpha value is -0.960. The highest BCUT2D eigenvalue weighted by Crippen LogP contribution is 2.43. The molecule has 0 heterocycles. The molecule has 0 bridgehead atoms. The van der Waals surface area contributed by atoms with E-state index >= 15 is 0 Å². The van der Waals surface area contributed by atoms with Gasteiger partial charge in [0.2, 0.25) is 0 Å². The molecule has 0 radical (unpaired) electrons. The lowest BCUT2D eigenvalue weighted by Crippen LogP contribution is -2.40. The van der Waals surface area contributed by atoms with Gasteiger partial charge in [0.1, 0.15) is 11.6 Å². The number of hydrogen-bond donors (Lipinski definition) is 1. The average Bonchev–Trinajstić information content (AvgIpc) is 2.31. The van der Waals surface area contributed by atoms with Crippen LogP contribution < -0.4 is 5.32 Å². The Bertz CT molecular complexity index is 407. The van der Waals surface area contributed by atoms with Crippen molar-refractivity contribution < 1.29 is 8.78 Å². The van der Waals surface area contributed by atoms with Crippen LogP contribution in [-0.4, -0.2) is 6.54 Å². The van der Waals surface area contributed by atoms with Crippen molar-refractivity contribution >= 4 is 0 Å². The van der Waals surface area contributed by atoms with Gasteiger partial charge in [-0.25, -0.2) is 8.78 Å². The highest BCUT2D eigenvalue weighted by molar-refractivity contribution is 5.21. The van der Waals surface area contributed by atoms with Gasteiger partial charge in [0, 0.05) is 18.2 Å². The predicted molar refractivity (Wildman–Crippen MR) is 69.4 cm³/mol. The fraction of sp³-hybridized carbons (Fsp3) is 0.600. The minimum Gasteiger partial charge on any atom is -0.310 e. The maximum Gasteiger partial charge on any atom is 0.128 e. The molecule has 1 aliphatic rings. The molecule has 100 valence electrons. The molecule has 1 aromatic carbocycles. The van der Waals surface area contributed by atoms with E-state index in [9.17, 15) is 8.78 Å². The molecule has 0 saturated heterocycles. The van der Waals surface area contributed by atoms with Gasteiger partial charge >= 0.3 is 0 Å². The van der Waals surface area contributed by atoms with Crippen molar-refractivity contribution in [2.75, 3.05) is 6.54 Å². The van der Waals surface area contributed by atoms with Crippen molar-refractivity contribution in [3.8, 4) is 0 Å². The summed E-state index contributed by atoms with van der Waals surface area (Å²) in [5.41, 5.74) is 0.804. The van der Waals surface area contributed by atoms with Crippen LogP contribution in [0.15, 0.2) is 18.2 Å². The van der Waals surface area contributed by atoms with Crippen LogP contribution in [0.4, 0.5) is 8.78 Å². The normalized spacial score (nSPS) is 19.3. The first kappa shape index (κ1) is 13.5. The summed E-state index contributed by atoms with van der Waals surface area (Å²) in [6, 6.07) is 3.49. The van der Waals surface area contributed by atoms with Gasteiger partial charge in [-0.2, -0.15) is 0 Å². The summed E-state index contributed by atoms with van der Waals surface area (Å²) >= 11 is 0. The van der Waals surface area contributed by atoms with Gasteiger partial charge in [-0.1, -0.05) is 13.3 Å². The standard InChI is InChI=1S/C15H21F2N/c1-3-15(7-4-8-15)10-18-11(2)13-9-12(16)5-6-14(13)17/h5-6,9,11,18H,3-4,7-8,10H2,1-2H3. The van der Waals surface area contributed by atoms with Crippen molar-refractivity contribution in [3.05, 3.63) is 35.4 Å². The zero-order valence-corrected chi connectivity index (χ0v) is 11.1. The SMILES string of the molecule is CCC1(CNC(C)c2cc(F)ccc2F)CCC1. The lowest BCUT2D eigenvalue weighted by Gasteiger charge is -2.42. The Labute approximate surface area is 108 Å². The number of halogens is 2. The summed E-state index contributed by atoms with van der Waals surface area (Å²) < 4.78 is 26.7. The first-order valence-electron chi connectivity index (χ1n) is 6.75. The molecule has 3 heteroatoms. The Kier molecular flexibility index (Phi) is 4.00. The number of nitrogens with one attached hydrogen (secondary N) is 1. The quantitative estimate of drug-likeness (QED) is 0.829. The lowest BCUT2D eigenvalue weighted by molar-refractivity contribution is 0.120. The molecular formula is C15H21F2N. The molecular weight excluding hydrogens is 232 g/mol. The van der Waals surface area contributed by atoms with E-state index in [1.54, 1.807) is 0 Å². The molecule has 0 aliphatic heterocycles. The van der Waals surface area contributed by atoms with E-state index in [1.165, 1.54) is 31.4 Å². The molecule has 1 aliphatic carbocycles. The van der Waals surface area contributed by atoms with Crippen LogP contribution in [-0.2, 0) is 0 Å². The van der Waals surface area contributed by atoms with E-state index in [-0.39, 0.29) is 17.7 Å². The topological polar surface area (TPSA) is 12.0 Å². The van der Waals surface area contributed by atoms with Crippen LogP contribution in [0.1, 0.15) is 51.1 Å². The van der Waals surface area contributed by atoms with Gasteiger partial charge in [0.05, 0.1) is 0 Å². The summed E-state index contributed by atoms with van der Waals surface area (Å²) in [5, 5.41) is 3.35. The first-order chi connectivity index (χ1) is 8.56. The van der Waals surface area contributed by atoms with Gasteiger partial charge in [0.25, 0.3) is 0 Å². The zero-order valence-electron chi connectivity index (χ0n) is 11.1. The van der Waals surface area contributed by atoms with Crippen molar-refractivity contribution in [2.24, 2.45) is 5.41 Å². The van der Waals surface area contributed by atoms with Crippen LogP contribution >= 0.6 is 0 Å². The second-order valence-corrected chi connectivity index (χ2v) is 5.48. The monoisotopic (exact) mass is 253 g/mol. The van der Waals surface area contributed by atoms with E-state index in [0.29, 0.717) is 11.0 Å². The molecule has 1 fully saturated rings. The highest BCUT2D eigenvalue weighted by atomic mass is 19.1.